The number of hydrogen-bond acceptors (Lipinski definition) is 5. The summed E-state index contributed by atoms with van der Waals surface area (Å²) in [6, 6.07) is 1.90. The van der Waals surface area contributed by atoms with E-state index < -0.39 is 12.0 Å². The number of piperidine rings is 1. The summed E-state index contributed by atoms with van der Waals surface area (Å²) in [4.78, 5) is 13.9. The van der Waals surface area contributed by atoms with Crippen LogP contribution in [0.5, 0.6) is 11.5 Å². The molecule has 2 aliphatic heterocycles. The summed E-state index contributed by atoms with van der Waals surface area (Å²) in [7, 11) is 2.13. The summed E-state index contributed by atoms with van der Waals surface area (Å²) in [5, 5.41) is 21.1. The third-order valence-electron chi connectivity index (χ3n) is 6.74. The molecule has 2 aliphatic carbocycles. The smallest absolute Gasteiger partial charge is 0.221 e. The number of aliphatic hydroxyl groups is 1. The average molecular weight is 342 g/mol. The Kier molecular flexibility index (Phi) is 2.90. The van der Waals surface area contributed by atoms with Crippen LogP contribution in [0.25, 0.3) is 0 Å². The molecule has 5 atom stereocenters. The number of nitrogens with two attached hydrogens (primary N) is 1. The van der Waals surface area contributed by atoms with Crippen LogP contribution < -0.4 is 10.5 Å². The highest BCUT2D eigenvalue weighted by atomic mass is 16.5. The summed E-state index contributed by atoms with van der Waals surface area (Å²) < 4.78 is 6.13. The van der Waals surface area contributed by atoms with Crippen molar-refractivity contribution in [2.45, 2.75) is 42.9 Å². The zero-order chi connectivity index (χ0) is 17.5. The van der Waals surface area contributed by atoms with E-state index in [9.17, 15) is 15.0 Å². The van der Waals surface area contributed by atoms with Gasteiger partial charge in [0.05, 0.1) is 6.42 Å². The largest absolute Gasteiger partial charge is 0.504 e. The topological polar surface area (TPSA) is 96.0 Å². The Hall–Kier alpha value is -2.05. The molecule has 25 heavy (non-hydrogen) atoms. The summed E-state index contributed by atoms with van der Waals surface area (Å²) in [5.41, 5.74) is 7.97. The Morgan fingerprint density at radius 2 is 2.28 bits per heavy atom. The molecular weight excluding hydrogens is 320 g/mol. The van der Waals surface area contributed by atoms with Crippen molar-refractivity contribution in [3.8, 4) is 11.5 Å². The van der Waals surface area contributed by atoms with Crippen LogP contribution in [0.1, 0.15) is 23.1 Å². The number of carbonyl (C=O) groups excluding carboxylic acids is 1. The van der Waals surface area contributed by atoms with Gasteiger partial charge >= 0.3 is 0 Å². The maximum absolute atomic E-state index is 11.6. The average Bonchev–Trinajstić information content (AvgIpc) is 2.90. The van der Waals surface area contributed by atoms with E-state index in [0.717, 1.165) is 36.1 Å². The van der Waals surface area contributed by atoms with Crippen molar-refractivity contribution in [1.82, 2.24) is 4.90 Å². The second-order valence-electron chi connectivity index (χ2n) is 7.86. The van der Waals surface area contributed by atoms with Crippen molar-refractivity contribution in [1.29, 1.82) is 0 Å². The van der Waals surface area contributed by atoms with Gasteiger partial charge in [-0.3, -0.25) is 4.79 Å². The lowest BCUT2D eigenvalue weighted by molar-refractivity contribution is -0.117. The molecule has 0 aromatic heterocycles. The molecule has 4 N–H and O–H groups in total. The van der Waals surface area contributed by atoms with Gasteiger partial charge in [0.25, 0.3) is 0 Å². The third-order valence-corrected chi connectivity index (χ3v) is 6.74. The van der Waals surface area contributed by atoms with Gasteiger partial charge in [0.1, 0.15) is 12.2 Å². The van der Waals surface area contributed by atoms with Gasteiger partial charge in [0, 0.05) is 22.9 Å². The number of carbonyl (C=O) groups is 1. The highest BCUT2D eigenvalue weighted by Crippen LogP contribution is 2.62. The van der Waals surface area contributed by atoms with Gasteiger partial charge in [-0.2, -0.15) is 0 Å². The van der Waals surface area contributed by atoms with Crippen LogP contribution in [-0.2, 0) is 23.1 Å². The van der Waals surface area contributed by atoms with Crippen molar-refractivity contribution >= 4 is 5.91 Å². The number of nitrogens with zero attached hydrogens (tertiary/aromatic N) is 1. The highest BCUT2D eigenvalue weighted by Gasteiger charge is 2.64. The first-order valence-corrected chi connectivity index (χ1v) is 8.83. The third kappa shape index (κ3) is 1.74. The normalized spacial score (nSPS) is 37.5. The molecule has 132 valence electrons. The van der Waals surface area contributed by atoms with E-state index in [0.29, 0.717) is 11.8 Å². The summed E-state index contributed by atoms with van der Waals surface area (Å²) in [6.07, 6.45) is 4.63. The highest BCUT2D eigenvalue weighted by molar-refractivity contribution is 5.78. The number of ether oxygens (including phenoxy) is 1. The molecule has 1 amide bonds. The number of aromatic hydroxyl groups is 1. The van der Waals surface area contributed by atoms with Crippen LogP contribution in [0.4, 0.5) is 0 Å². The van der Waals surface area contributed by atoms with Gasteiger partial charge in [-0.25, -0.2) is 0 Å². The van der Waals surface area contributed by atoms with Crippen LogP contribution in [-0.4, -0.2) is 52.9 Å². The molecule has 2 heterocycles. The molecule has 6 nitrogen and oxygen atoms in total. The molecule has 1 spiro atoms. The van der Waals surface area contributed by atoms with Crippen molar-refractivity contribution in [2.24, 2.45) is 11.7 Å². The maximum Gasteiger partial charge on any atom is 0.221 e. The molecule has 0 radical (unpaired) electrons. The molecule has 0 saturated carbocycles. The van der Waals surface area contributed by atoms with E-state index in [4.69, 9.17) is 10.5 Å². The van der Waals surface area contributed by atoms with E-state index in [1.54, 1.807) is 6.07 Å². The van der Waals surface area contributed by atoms with E-state index in [-0.39, 0.29) is 29.6 Å². The Bertz CT molecular complexity index is 820. The van der Waals surface area contributed by atoms with Crippen molar-refractivity contribution in [3.63, 3.8) is 0 Å². The van der Waals surface area contributed by atoms with Gasteiger partial charge in [0.15, 0.2) is 11.5 Å². The van der Waals surface area contributed by atoms with Crippen molar-refractivity contribution < 1.29 is 19.7 Å². The number of phenolic OH excluding ortho intramolecular Hbond substituents is 1. The number of hydrogen-bond donors (Lipinski definition) is 3. The molecule has 1 aromatic carbocycles. The number of likely N-dealkylation sites (N-methyl/N-ethyl adjacent to an activating group) is 1. The zero-order valence-electron chi connectivity index (χ0n) is 14.1. The van der Waals surface area contributed by atoms with Crippen molar-refractivity contribution in [3.05, 3.63) is 34.9 Å². The minimum Gasteiger partial charge on any atom is -0.504 e. The lowest BCUT2D eigenvalue weighted by Crippen LogP contribution is -2.64. The first-order chi connectivity index (χ1) is 11.9. The van der Waals surface area contributed by atoms with E-state index in [1.165, 1.54) is 0 Å². The minimum absolute atomic E-state index is 0.0436. The molecule has 6 heteroatoms. The second kappa shape index (κ2) is 4.77. The lowest BCUT2D eigenvalue weighted by Gasteiger charge is -2.56. The van der Waals surface area contributed by atoms with Crippen LogP contribution in [0, 0.1) is 5.92 Å². The Morgan fingerprint density at radius 3 is 3.04 bits per heavy atom. The minimum atomic E-state index is -0.697. The van der Waals surface area contributed by atoms with Gasteiger partial charge in [-0.1, -0.05) is 12.2 Å². The van der Waals surface area contributed by atoms with Crippen molar-refractivity contribution in [2.75, 3.05) is 13.6 Å². The van der Waals surface area contributed by atoms with E-state index >= 15 is 0 Å². The molecule has 1 saturated heterocycles. The lowest BCUT2D eigenvalue weighted by atomic mass is 9.53. The first-order valence-electron chi connectivity index (χ1n) is 8.83. The van der Waals surface area contributed by atoms with E-state index in [2.05, 4.69) is 18.0 Å². The second-order valence-corrected chi connectivity index (χ2v) is 7.86. The standard InChI is InChI=1S/C19H22N2O4/c1-21-5-4-19-11-2-3-13(22)18(19)25-17-14(23)6-9(7-15(20)24)10(16(17)19)8-12(11)21/h2-3,6,11-13,18,22-23H,4-5,7-8H2,1H3,(H2,20,24)/t11-,12+,13-,18-,19-/m0/s1. The fourth-order valence-electron chi connectivity index (χ4n) is 5.74. The van der Waals surface area contributed by atoms with Gasteiger partial charge in [-0.05, 0) is 43.6 Å². The Labute approximate surface area is 145 Å². The number of aliphatic hydroxyl groups excluding tert-OH is 1. The molecular formula is C19H22N2O4. The monoisotopic (exact) mass is 342 g/mol. The van der Waals surface area contributed by atoms with Gasteiger partial charge in [-0.15, -0.1) is 0 Å². The molecule has 0 unspecified atom stereocenters. The zero-order valence-corrected chi connectivity index (χ0v) is 14.1. The summed E-state index contributed by atoms with van der Waals surface area (Å²) >= 11 is 0. The van der Waals surface area contributed by atoms with Gasteiger partial charge in [0.2, 0.25) is 5.91 Å². The predicted molar refractivity (Wildman–Crippen MR) is 90.5 cm³/mol. The van der Waals surface area contributed by atoms with E-state index in [1.807, 2.05) is 6.08 Å². The fourth-order valence-corrected chi connectivity index (χ4v) is 5.74. The summed E-state index contributed by atoms with van der Waals surface area (Å²) in [6.45, 7) is 0.918. The quantitative estimate of drug-likeness (QED) is 0.669. The van der Waals surface area contributed by atoms with Gasteiger partial charge < -0.3 is 25.6 Å². The maximum atomic E-state index is 11.6. The predicted octanol–water partition coefficient (Wildman–Crippen LogP) is 0.226. The Balaban J connectivity index is 1.81. The van der Waals surface area contributed by atoms with Crippen LogP contribution in [0.2, 0.25) is 0 Å². The number of amides is 1. The first kappa shape index (κ1) is 15.2. The number of phenols is 1. The number of primary amides is 1. The van der Waals surface area contributed by atoms with Crippen LogP contribution in [0.3, 0.4) is 0 Å². The molecule has 5 rings (SSSR count). The fraction of sp³-hybridized carbons (Fsp3) is 0.526. The molecule has 2 bridgehead atoms. The number of likely N-dealkylation sites (tertiary alicyclic amines) is 1. The SMILES string of the molecule is CN1CC[C@]23c4c5c(CC(N)=O)cc(O)c4O[C@H]2[C@@H](O)C=C[C@H]3[C@H]1C5. The molecule has 1 fully saturated rings. The summed E-state index contributed by atoms with van der Waals surface area (Å²) in [5.74, 6) is 0.357. The molecule has 4 aliphatic rings. The van der Waals surface area contributed by atoms with Crippen LogP contribution in [0.15, 0.2) is 18.2 Å². The number of rotatable bonds is 2. The Morgan fingerprint density at radius 1 is 1.48 bits per heavy atom. The number of benzene rings is 1. The van der Waals surface area contributed by atoms with Crippen LogP contribution >= 0.6 is 0 Å². The molecule has 1 aromatic rings.